The van der Waals surface area contributed by atoms with Crippen molar-refractivity contribution >= 4 is 23.6 Å². The molecule has 0 aromatic rings. The van der Waals surface area contributed by atoms with Gasteiger partial charge in [0.25, 0.3) is 0 Å². The van der Waals surface area contributed by atoms with Crippen LogP contribution in [-0.4, -0.2) is 48.4 Å². The Morgan fingerprint density at radius 2 is 2.19 bits per heavy atom. The lowest BCUT2D eigenvalue weighted by Crippen LogP contribution is -2.44. The number of hydrogen-bond donors (Lipinski definition) is 1. The van der Waals surface area contributed by atoms with Gasteiger partial charge in [0.05, 0.1) is 5.75 Å². The SMILES string of the molecule is CSCC(=O)N1CCC2(CC1)CNC(=O)C2. The van der Waals surface area contributed by atoms with Crippen LogP contribution in [0.5, 0.6) is 0 Å². The molecule has 2 heterocycles. The highest BCUT2D eigenvalue weighted by molar-refractivity contribution is 7.99. The van der Waals surface area contributed by atoms with Crippen molar-refractivity contribution in [2.75, 3.05) is 31.6 Å². The minimum Gasteiger partial charge on any atom is -0.356 e. The summed E-state index contributed by atoms with van der Waals surface area (Å²) in [4.78, 5) is 24.9. The summed E-state index contributed by atoms with van der Waals surface area (Å²) in [7, 11) is 0. The summed E-state index contributed by atoms with van der Waals surface area (Å²) in [5, 5.41) is 2.90. The zero-order valence-corrected chi connectivity index (χ0v) is 10.4. The number of nitrogens with zero attached hydrogens (tertiary/aromatic N) is 1. The van der Waals surface area contributed by atoms with Crippen LogP contribution in [0.25, 0.3) is 0 Å². The van der Waals surface area contributed by atoms with E-state index in [2.05, 4.69) is 5.32 Å². The van der Waals surface area contributed by atoms with Crippen LogP contribution in [0.1, 0.15) is 19.3 Å². The highest BCUT2D eigenvalue weighted by atomic mass is 32.2. The summed E-state index contributed by atoms with van der Waals surface area (Å²) in [5.41, 5.74) is 0.146. The van der Waals surface area contributed by atoms with Crippen LogP contribution >= 0.6 is 11.8 Å². The average Bonchev–Trinajstić information content (AvgIpc) is 2.61. The Hall–Kier alpha value is -0.710. The lowest BCUT2D eigenvalue weighted by molar-refractivity contribution is -0.130. The molecule has 4 nitrogen and oxygen atoms in total. The van der Waals surface area contributed by atoms with Crippen LogP contribution < -0.4 is 5.32 Å². The van der Waals surface area contributed by atoms with Crippen molar-refractivity contribution in [1.82, 2.24) is 10.2 Å². The highest BCUT2D eigenvalue weighted by Gasteiger charge is 2.41. The van der Waals surface area contributed by atoms with E-state index in [1.807, 2.05) is 11.2 Å². The standard InChI is InChI=1S/C11H18N2O2S/c1-16-7-10(15)13-4-2-11(3-5-13)6-9(14)12-8-11/h2-8H2,1H3,(H,12,14). The largest absolute Gasteiger partial charge is 0.356 e. The van der Waals surface area contributed by atoms with Gasteiger partial charge in [0.15, 0.2) is 0 Å². The molecule has 2 rings (SSSR count). The minimum atomic E-state index is 0.146. The number of likely N-dealkylation sites (tertiary alicyclic amines) is 1. The van der Waals surface area contributed by atoms with E-state index in [0.717, 1.165) is 32.5 Å². The molecule has 1 N–H and O–H groups in total. The Morgan fingerprint density at radius 3 is 2.69 bits per heavy atom. The Labute approximate surface area is 100 Å². The second kappa shape index (κ2) is 4.65. The van der Waals surface area contributed by atoms with Crippen molar-refractivity contribution < 1.29 is 9.59 Å². The molecule has 2 saturated heterocycles. The molecule has 0 aliphatic carbocycles. The Kier molecular flexibility index (Phi) is 3.42. The molecule has 0 saturated carbocycles. The number of nitrogens with one attached hydrogen (secondary N) is 1. The lowest BCUT2D eigenvalue weighted by atomic mass is 9.78. The van der Waals surface area contributed by atoms with Gasteiger partial charge >= 0.3 is 0 Å². The second-order valence-corrected chi connectivity index (χ2v) is 5.63. The third kappa shape index (κ3) is 2.34. The second-order valence-electron chi connectivity index (χ2n) is 4.77. The fourth-order valence-corrected chi connectivity index (χ4v) is 2.98. The number of thioether (sulfide) groups is 1. The maximum atomic E-state index is 11.7. The zero-order valence-electron chi connectivity index (χ0n) is 9.62. The van der Waals surface area contributed by atoms with Crippen molar-refractivity contribution in [1.29, 1.82) is 0 Å². The first-order chi connectivity index (χ1) is 7.65. The van der Waals surface area contributed by atoms with Crippen molar-refractivity contribution in [2.24, 2.45) is 5.41 Å². The van der Waals surface area contributed by atoms with Crippen molar-refractivity contribution in [3.05, 3.63) is 0 Å². The van der Waals surface area contributed by atoms with Crippen molar-refractivity contribution in [2.45, 2.75) is 19.3 Å². The summed E-state index contributed by atoms with van der Waals surface area (Å²) >= 11 is 1.57. The van der Waals surface area contributed by atoms with Gasteiger partial charge in [0.1, 0.15) is 0 Å². The first kappa shape index (κ1) is 11.8. The predicted octanol–water partition coefficient (Wildman–Crippen LogP) is 0.478. The zero-order chi connectivity index (χ0) is 11.6. The van der Waals surface area contributed by atoms with Crippen molar-refractivity contribution in [3.8, 4) is 0 Å². The highest BCUT2D eigenvalue weighted by Crippen LogP contribution is 2.37. The Bertz CT molecular complexity index is 298. The average molecular weight is 242 g/mol. The fourth-order valence-electron chi connectivity index (χ4n) is 2.55. The predicted molar refractivity (Wildman–Crippen MR) is 64.3 cm³/mol. The van der Waals surface area contributed by atoms with Gasteiger partial charge in [-0.3, -0.25) is 9.59 Å². The Morgan fingerprint density at radius 1 is 1.50 bits per heavy atom. The molecule has 2 fully saturated rings. The van der Waals surface area contributed by atoms with Gasteiger partial charge < -0.3 is 10.2 Å². The summed E-state index contributed by atoms with van der Waals surface area (Å²) in [6.07, 6.45) is 4.53. The smallest absolute Gasteiger partial charge is 0.232 e. The van der Waals surface area contributed by atoms with Crippen LogP contribution in [-0.2, 0) is 9.59 Å². The number of carbonyl (C=O) groups is 2. The molecular formula is C11H18N2O2S. The monoisotopic (exact) mass is 242 g/mol. The molecule has 0 aromatic carbocycles. The van der Waals surface area contributed by atoms with Gasteiger partial charge in [-0.25, -0.2) is 0 Å². The molecule has 1 spiro atoms. The maximum Gasteiger partial charge on any atom is 0.232 e. The molecule has 16 heavy (non-hydrogen) atoms. The van der Waals surface area contributed by atoms with E-state index in [0.29, 0.717) is 12.2 Å². The van der Waals surface area contributed by atoms with Gasteiger partial charge in [0.2, 0.25) is 11.8 Å². The summed E-state index contributed by atoms with van der Waals surface area (Å²) < 4.78 is 0. The van der Waals surface area contributed by atoms with Gasteiger partial charge in [-0.05, 0) is 24.5 Å². The molecule has 2 aliphatic heterocycles. The van der Waals surface area contributed by atoms with E-state index in [4.69, 9.17) is 0 Å². The van der Waals surface area contributed by atoms with E-state index >= 15 is 0 Å². The molecule has 90 valence electrons. The molecule has 5 heteroatoms. The van der Waals surface area contributed by atoms with E-state index in [1.54, 1.807) is 11.8 Å². The number of carbonyl (C=O) groups excluding carboxylic acids is 2. The first-order valence-electron chi connectivity index (χ1n) is 5.69. The van der Waals surface area contributed by atoms with Gasteiger partial charge in [-0.2, -0.15) is 11.8 Å². The third-order valence-corrected chi connectivity index (χ3v) is 4.18. The van der Waals surface area contributed by atoms with Crippen molar-refractivity contribution in [3.63, 3.8) is 0 Å². The molecule has 0 atom stereocenters. The van der Waals surface area contributed by atoms with Gasteiger partial charge in [-0.1, -0.05) is 0 Å². The first-order valence-corrected chi connectivity index (χ1v) is 7.08. The molecule has 0 bridgehead atoms. The van der Waals surface area contributed by atoms with Crippen LogP contribution in [0.3, 0.4) is 0 Å². The Balaban J connectivity index is 1.87. The molecule has 2 aliphatic rings. The van der Waals surface area contributed by atoms with Crippen LogP contribution in [0.4, 0.5) is 0 Å². The number of amides is 2. The molecule has 0 unspecified atom stereocenters. The van der Waals surface area contributed by atoms with Crippen LogP contribution in [0.15, 0.2) is 0 Å². The molecule has 0 aromatic heterocycles. The van der Waals surface area contributed by atoms with Crippen LogP contribution in [0.2, 0.25) is 0 Å². The normalized spacial score (nSPS) is 23.6. The van der Waals surface area contributed by atoms with E-state index in [1.165, 1.54) is 0 Å². The van der Waals surface area contributed by atoms with Gasteiger partial charge in [-0.15, -0.1) is 0 Å². The summed E-state index contributed by atoms with van der Waals surface area (Å²) in [6, 6.07) is 0. The topological polar surface area (TPSA) is 49.4 Å². The van der Waals surface area contributed by atoms with Gasteiger partial charge in [0, 0.05) is 26.1 Å². The third-order valence-electron chi connectivity index (χ3n) is 3.64. The quantitative estimate of drug-likeness (QED) is 0.766. The van der Waals surface area contributed by atoms with E-state index in [-0.39, 0.29) is 17.2 Å². The fraction of sp³-hybridized carbons (Fsp3) is 0.818. The molecule has 0 radical (unpaired) electrons. The lowest BCUT2D eigenvalue weighted by Gasteiger charge is -2.38. The number of piperidine rings is 1. The van der Waals surface area contributed by atoms with E-state index in [9.17, 15) is 9.59 Å². The number of hydrogen-bond acceptors (Lipinski definition) is 3. The summed E-state index contributed by atoms with van der Waals surface area (Å²) in [6.45, 7) is 2.43. The number of rotatable bonds is 2. The van der Waals surface area contributed by atoms with E-state index < -0.39 is 0 Å². The van der Waals surface area contributed by atoms with Crippen LogP contribution in [0, 0.1) is 5.41 Å². The molecule has 2 amide bonds. The maximum absolute atomic E-state index is 11.7. The summed E-state index contributed by atoms with van der Waals surface area (Å²) in [5.74, 6) is 0.980. The minimum absolute atomic E-state index is 0.146. The molecular weight excluding hydrogens is 224 g/mol.